The quantitative estimate of drug-likeness (QED) is 0.182. The second-order valence-corrected chi connectivity index (χ2v) is 11.4. The topological polar surface area (TPSA) is 222 Å². The molecule has 0 bridgehead atoms. The van der Waals surface area contributed by atoms with Gasteiger partial charge in [-0.25, -0.2) is 9.59 Å². The summed E-state index contributed by atoms with van der Waals surface area (Å²) in [5.41, 5.74) is 3.89. The Kier molecular flexibility index (Phi) is 11.9. The molecule has 262 valence electrons. The highest BCUT2D eigenvalue weighted by atomic mass is 16.6. The Labute approximate surface area is 280 Å². The minimum absolute atomic E-state index is 0.0997. The van der Waals surface area contributed by atoms with Gasteiger partial charge in [-0.2, -0.15) is 0 Å². The molecule has 2 aliphatic rings. The van der Waals surface area contributed by atoms with E-state index in [0.29, 0.717) is 0 Å². The molecular formula is C33H37N3O13. The van der Waals surface area contributed by atoms with E-state index in [-0.39, 0.29) is 12.5 Å². The summed E-state index contributed by atoms with van der Waals surface area (Å²) in [5, 5.41) is 16.9. The number of esters is 3. The molecular weight excluding hydrogens is 646 g/mol. The van der Waals surface area contributed by atoms with Crippen molar-refractivity contribution >= 4 is 41.8 Å². The Balaban J connectivity index is 1.46. The van der Waals surface area contributed by atoms with Gasteiger partial charge in [-0.15, -0.1) is 0 Å². The zero-order chi connectivity index (χ0) is 35.8. The van der Waals surface area contributed by atoms with Gasteiger partial charge in [0.25, 0.3) is 0 Å². The minimum Gasteiger partial charge on any atom is -0.480 e. The van der Waals surface area contributed by atoms with Crippen LogP contribution in [0.4, 0.5) is 4.79 Å². The Bertz CT molecular complexity index is 1570. The molecule has 0 aromatic heterocycles. The summed E-state index contributed by atoms with van der Waals surface area (Å²) >= 11 is 0. The number of carbonyl (C=O) groups excluding carboxylic acids is 6. The van der Waals surface area contributed by atoms with E-state index in [1.807, 2.05) is 48.5 Å². The molecule has 1 unspecified atom stereocenters. The maximum absolute atomic E-state index is 13.2. The van der Waals surface area contributed by atoms with Gasteiger partial charge in [0.15, 0.2) is 18.4 Å². The number of rotatable bonds is 12. The first kappa shape index (κ1) is 36.3. The highest BCUT2D eigenvalue weighted by Crippen LogP contribution is 2.44. The molecule has 0 saturated carbocycles. The largest absolute Gasteiger partial charge is 0.480 e. The fourth-order valence-electron chi connectivity index (χ4n) is 5.84. The standard InChI is InChI=1S/C33H37N3O13/c1-16(37)34-28-30(48-19(4)40)29(47-18(3)39)26(15-45-17(2)38)49-31(28)36-27(41)13-25(32(42)43)35-33(44)46-14-24-22-11-7-5-9-20(22)21-10-6-8-12-23(21)24/h5-12,24-26,28-31H,13-15H2,1-4H3,(H,34,37)(H,35,44)(H,36,41)(H,42,43)/t25?,26-,28-,29-,30-,31+/m1/s1. The molecule has 1 aliphatic heterocycles. The summed E-state index contributed by atoms with van der Waals surface area (Å²) in [5.74, 6) is -5.83. The van der Waals surface area contributed by atoms with Gasteiger partial charge in [0.2, 0.25) is 11.8 Å². The van der Waals surface area contributed by atoms with Crippen molar-refractivity contribution in [2.75, 3.05) is 13.2 Å². The second-order valence-electron chi connectivity index (χ2n) is 11.4. The van der Waals surface area contributed by atoms with Crippen molar-refractivity contribution in [1.82, 2.24) is 16.0 Å². The van der Waals surface area contributed by atoms with Crippen LogP contribution >= 0.6 is 0 Å². The van der Waals surface area contributed by atoms with Crippen molar-refractivity contribution in [2.45, 2.75) is 76.7 Å². The number of nitrogens with one attached hydrogen (secondary N) is 3. The number of hydrogen-bond donors (Lipinski definition) is 4. The third-order valence-electron chi connectivity index (χ3n) is 7.74. The summed E-state index contributed by atoms with van der Waals surface area (Å²) in [7, 11) is 0. The van der Waals surface area contributed by atoms with Crippen LogP contribution in [-0.4, -0.2) is 96.7 Å². The molecule has 3 amide bonds. The number of alkyl carbamates (subject to hydrolysis) is 1. The van der Waals surface area contributed by atoms with Gasteiger partial charge in [0.05, 0.1) is 6.42 Å². The van der Waals surface area contributed by atoms with Crippen LogP contribution in [0.25, 0.3) is 11.1 Å². The van der Waals surface area contributed by atoms with Crippen molar-refractivity contribution in [3.8, 4) is 11.1 Å². The van der Waals surface area contributed by atoms with Crippen molar-refractivity contribution < 1.29 is 62.4 Å². The van der Waals surface area contributed by atoms with Crippen LogP contribution in [0.1, 0.15) is 51.2 Å². The van der Waals surface area contributed by atoms with Crippen LogP contribution in [0.2, 0.25) is 0 Å². The number of benzene rings is 2. The van der Waals surface area contributed by atoms with Crippen LogP contribution in [0.15, 0.2) is 48.5 Å². The lowest BCUT2D eigenvalue weighted by molar-refractivity contribution is -0.228. The van der Waals surface area contributed by atoms with E-state index in [4.69, 9.17) is 23.7 Å². The van der Waals surface area contributed by atoms with Crippen molar-refractivity contribution in [1.29, 1.82) is 0 Å². The van der Waals surface area contributed by atoms with E-state index < -0.39 is 91.4 Å². The van der Waals surface area contributed by atoms with Gasteiger partial charge >= 0.3 is 30.0 Å². The van der Waals surface area contributed by atoms with Crippen molar-refractivity contribution in [2.24, 2.45) is 0 Å². The van der Waals surface area contributed by atoms with Gasteiger partial charge in [-0.05, 0) is 22.3 Å². The maximum atomic E-state index is 13.2. The normalized spacial score (nSPS) is 21.5. The van der Waals surface area contributed by atoms with E-state index in [1.165, 1.54) is 0 Å². The first-order valence-corrected chi connectivity index (χ1v) is 15.3. The van der Waals surface area contributed by atoms with E-state index in [9.17, 15) is 38.7 Å². The van der Waals surface area contributed by atoms with Crippen LogP contribution < -0.4 is 16.0 Å². The van der Waals surface area contributed by atoms with Gasteiger partial charge in [-0.3, -0.25) is 24.0 Å². The summed E-state index contributed by atoms with van der Waals surface area (Å²) < 4.78 is 27.0. The van der Waals surface area contributed by atoms with E-state index >= 15 is 0 Å². The summed E-state index contributed by atoms with van der Waals surface area (Å²) in [6.07, 6.45) is -7.55. The smallest absolute Gasteiger partial charge is 0.407 e. The Hall–Kier alpha value is -5.51. The molecule has 6 atom stereocenters. The van der Waals surface area contributed by atoms with Crippen LogP contribution in [0.5, 0.6) is 0 Å². The monoisotopic (exact) mass is 683 g/mol. The molecule has 4 N–H and O–H groups in total. The van der Waals surface area contributed by atoms with Crippen molar-refractivity contribution in [3.05, 3.63) is 59.7 Å². The van der Waals surface area contributed by atoms with Gasteiger partial charge < -0.3 is 44.7 Å². The number of carboxylic acids is 1. The number of fused-ring (bicyclic) bond motifs is 3. The molecule has 16 heteroatoms. The number of carbonyl (C=O) groups is 7. The molecule has 0 radical (unpaired) electrons. The number of hydrogen-bond acceptors (Lipinski definition) is 12. The number of carboxylic acid groups (broad SMARTS) is 1. The Morgan fingerprint density at radius 2 is 1.33 bits per heavy atom. The van der Waals surface area contributed by atoms with Gasteiger partial charge in [-0.1, -0.05) is 48.5 Å². The lowest BCUT2D eigenvalue weighted by atomic mass is 9.95. The summed E-state index contributed by atoms with van der Waals surface area (Å²) in [6.45, 7) is 3.77. The molecule has 1 saturated heterocycles. The Morgan fingerprint density at radius 1 is 0.755 bits per heavy atom. The van der Waals surface area contributed by atoms with Gasteiger partial charge in [0, 0.05) is 33.6 Å². The molecule has 4 rings (SSSR count). The predicted molar refractivity (Wildman–Crippen MR) is 166 cm³/mol. The molecule has 2 aromatic rings. The molecule has 1 fully saturated rings. The zero-order valence-electron chi connectivity index (χ0n) is 27.1. The molecule has 49 heavy (non-hydrogen) atoms. The average Bonchev–Trinajstić information content (AvgIpc) is 3.34. The molecule has 1 heterocycles. The number of aliphatic carboxylic acids is 1. The molecule has 16 nitrogen and oxygen atoms in total. The fraction of sp³-hybridized carbons (Fsp3) is 0.424. The van der Waals surface area contributed by atoms with E-state index in [1.54, 1.807) is 0 Å². The third-order valence-corrected chi connectivity index (χ3v) is 7.74. The highest BCUT2D eigenvalue weighted by molar-refractivity contribution is 5.87. The Morgan fingerprint density at radius 3 is 1.86 bits per heavy atom. The number of amides is 3. The fourth-order valence-corrected chi connectivity index (χ4v) is 5.84. The van der Waals surface area contributed by atoms with Crippen molar-refractivity contribution in [3.63, 3.8) is 0 Å². The minimum atomic E-state index is -1.76. The first-order valence-electron chi connectivity index (χ1n) is 15.3. The third kappa shape index (κ3) is 9.31. The SMILES string of the molecule is CC(=O)N[C@@H]1[C@@H](OC(C)=O)[C@H](OC(C)=O)[C@@H](COC(C)=O)O[C@@H]1NC(=O)CC(NC(=O)OCC1c2ccccc2-c2ccccc21)C(=O)O. The first-order chi connectivity index (χ1) is 23.2. The lowest BCUT2D eigenvalue weighted by Crippen LogP contribution is -2.69. The van der Waals surface area contributed by atoms with E-state index in [2.05, 4.69) is 16.0 Å². The molecule has 0 spiro atoms. The van der Waals surface area contributed by atoms with Gasteiger partial charge in [0.1, 0.15) is 31.4 Å². The summed E-state index contributed by atoms with van der Waals surface area (Å²) in [6, 6.07) is 12.2. The summed E-state index contributed by atoms with van der Waals surface area (Å²) in [4.78, 5) is 85.8. The zero-order valence-corrected chi connectivity index (χ0v) is 27.1. The average molecular weight is 684 g/mol. The van der Waals surface area contributed by atoms with Crippen LogP contribution in [0, 0.1) is 0 Å². The highest BCUT2D eigenvalue weighted by Gasteiger charge is 2.51. The molecule has 2 aromatic carbocycles. The second kappa shape index (κ2) is 16.1. The maximum Gasteiger partial charge on any atom is 0.407 e. The van der Waals surface area contributed by atoms with Crippen LogP contribution in [0.3, 0.4) is 0 Å². The van der Waals surface area contributed by atoms with Crippen LogP contribution in [-0.2, 0) is 52.5 Å². The number of ether oxygens (including phenoxy) is 5. The molecule has 1 aliphatic carbocycles. The predicted octanol–water partition coefficient (Wildman–Crippen LogP) is 1.14. The lowest BCUT2D eigenvalue weighted by Gasteiger charge is -2.45. The van der Waals surface area contributed by atoms with E-state index in [0.717, 1.165) is 49.9 Å².